The molecule has 0 unspecified atom stereocenters. The van der Waals surface area contributed by atoms with Crippen molar-refractivity contribution in [3.05, 3.63) is 89.5 Å². The fraction of sp³-hybridized carbons (Fsp3) is 0.429. The third-order valence-electron chi connectivity index (χ3n) is 8.28. The second-order valence-corrected chi connectivity index (χ2v) is 12.1. The number of likely N-dealkylation sites (N-methyl/N-ethyl adjacent to an activating group) is 1. The lowest BCUT2D eigenvalue weighted by atomic mass is 9.97. The second kappa shape index (κ2) is 14.1. The maximum atomic E-state index is 13.7. The Morgan fingerprint density at radius 2 is 1.72 bits per heavy atom. The van der Waals surface area contributed by atoms with Crippen LogP contribution in [0.2, 0.25) is 0 Å². The molecule has 2 aliphatic rings. The summed E-state index contributed by atoms with van der Waals surface area (Å²) >= 11 is 0. The molecule has 2 heterocycles. The SMILES string of the molecule is CC(C)N1C[C@@H](C)[C@H](CN(C)Cc2ccc(Oc3ccccc3)cc2)Oc2c(C(=O)NC3CCNCC3)cccc2C1=O. The highest BCUT2D eigenvalue weighted by Gasteiger charge is 2.35. The van der Waals surface area contributed by atoms with E-state index in [2.05, 4.69) is 41.6 Å². The summed E-state index contributed by atoms with van der Waals surface area (Å²) in [5.41, 5.74) is 2.02. The van der Waals surface area contributed by atoms with E-state index in [0.717, 1.165) is 49.5 Å². The first kappa shape index (κ1) is 30.6. The quantitative estimate of drug-likeness (QED) is 0.353. The second-order valence-electron chi connectivity index (χ2n) is 12.1. The van der Waals surface area contributed by atoms with E-state index in [1.54, 1.807) is 18.2 Å². The zero-order valence-corrected chi connectivity index (χ0v) is 25.7. The normalized spacial score (nSPS) is 19.4. The molecule has 1 fully saturated rings. The molecule has 43 heavy (non-hydrogen) atoms. The highest BCUT2D eigenvalue weighted by molar-refractivity contribution is 6.04. The lowest BCUT2D eigenvalue weighted by Crippen LogP contribution is -2.48. The molecule has 228 valence electrons. The zero-order valence-electron chi connectivity index (χ0n) is 25.7. The Kier molecular flexibility index (Phi) is 10.00. The minimum Gasteiger partial charge on any atom is -0.487 e. The molecule has 0 aliphatic carbocycles. The first-order chi connectivity index (χ1) is 20.8. The molecule has 2 aliphatic heterocycles. The number of benzene rings is 3. The number of nitrogens with zero attached hydrogens (tertiary/aromatic N) is 2. The average molecular weight is 585 g/mol. The van der Waals surface area contributed by atoms with Gasteiger partial charge < -0.3 is 25.0 Å². The van der Waals surface area contributed by atoms with Gasteiger partial charge in [0.2, 0.25) is 0 Å². The van der Waals surface area contributed by atoms with Gasteiger partial charge in [-0.1, -0.05) is 43.3 Å². The lowest BCUT2D eigenvalue weighted by molar-refractivity contribution is 0.0426. The summed E-state index contributed by atoms with van der Waals surface area (Å²) in [5, 5.41) is 6.52. The number of rotatable bonds is 9. The standard InChI is InChI=1S/C35H44N4O4/c1-24(2)39-21-25(3)32(23-38(4)22-26-13-15-29(16-14-26)42-28-9-6-5-7-10-28)43-33-30(11-8-12-31(33)35(39)41)34(40)37-27-17-19-36-20-18-27/h5-16,24-25,27,32,36H,17-23H2,1-4H3,(H,37,40)/t25-,32+/m1/s1. The average Bonchev–Trinajstić information content (AvgIpc) is 3.00. The minimum atomic E-state index is -0.230. The van der Waals surface area contributed by atoms with Crippen LogP contribution in [-0.4, -0.2) is 73.0 Å². The van der Waals surface area contributed by atoms with Crippen molar-refractivity contribution in [2.75, 3.05) is 33.2 Å². The Morgan fingerprint density at radius 3 is 2.42 bits per heavy atom. The predicted octanol–water partition coefficient (Wildman–Crippen LogP) is 5.34. The summed E-state index contributed by atoms with van der Waals surface area (Å²) < 4.78 is 12.6. The van der Waals surface area contributed by atoms with Gasteiger partial charge in [-0.3, -0.25) is 14.5 Å². The molecule has 0 spiro atoms. The number of nitrogens with one attached hydrogen (secondary N) is 2. The molecule has 3 aromatic carbocycles. The number of hydrogen-bond acceptors (Lipinski definition) is 6. The molecule has 0 bridgehead atoms. The van der Waals surface area contributed by atoms with Gasteiger partial charge in [0.1, 0.15) is 23.4 Å². The number of para-hydroxylation sites is 2. The maximum absolute atomic E-state index is 13.7. The first-order valence-corrected chi connectivity index (χ1v) is 15.4. The molecule has 5 rings (SSSR count). The van der Waals surface area contributed by atoms with Gasteiger partial charge in [0.15, 0.2) is 0 Å². The van der Waals surface area contributed by atoms with Crippen molar-refractivity contribution >= 4 is 11.8 Å². The van der Waals surface area contributed by atoms with E-state index in [1.807, 2.05) is 61.2 Å². The van der Waals surface area contributed by atoms with Gasteiger partial charge in [0, 0.05) is 37.6 Å². The van der Waals surface area contributed by atoms with Crippen LogP contribution < -0.4 is 20.1 Å². The van der Waals surface area contributed by atoms with E-state index in [4.69, 9.17) is 9.47 Å². The number of carbonyl (C=O) groups excluding carboxylic acids is 2. The number of ether oxygens (including phenoxy) is 2. The van der Waals surface area contributed by atoms with E-state index in [-0.39, 0.29) is 35.9 Å². The molecule has 8 nitrogen and oxygen atoms in total. The van der Waals surface area contributed by atoms with Gasteiger partial charge in [-0.2, -0.15) is 0 Å². The molecule has 1 saturated heterocycles. The molecule has 2 atom stereocenters. The predicted molar refractivity (Wildman–Crippen MR) is 169 cm³/mol. The summed E-state index contributed by atoms with van der Waals surface area (Å²) in [5.74, 6) is 1.74. The number of hydrogen-bond donors (Lipinski definition) is 2. The summed E-state index contributed by atoms with van der Waals surface area (Å²) in [6.07, 6.45) is 1.53. The van der Waals surface area contributed by atoms with Crippen molar-refractivity contribution in [3.63, 3.8) is 0 Å². The Bertz CT molecular complexity index is 1370. The molecular weight excluding hydrogens is 540 g/mol. The molecule has 2 N–H and O–H groups in total. The Balaban J connectivity index is 1.34. The zero-order chi connectivity index (χ0) is 30.3. The summed E-state index contributed by atoms with van der Waals surface area (Å²) in [6.45, 7) is 9.88. The van der Waals surface area contributed by atoms with Crippen LogP contribution >= 0.6 is 0 Å². The van der Waals surface area contributed by atoms with E-state index in [9.17, 15) is 9.59 Å². The van der Waals surface area contributed by atoms with Crippen molar-refractivity contribution in [3.8, 4) is 17.2 Å². The maximum Gasteiger partial charge on any atom is 0.257 e. The van der Waals surface area contributed by atoms with Gasteiger partial charge >= 0.3 is 0 Å². The highest BCUT2D eigenvalue weighted by atomic mass is 16.5. The largest absolute Gasteiger partial charge is 0.487 e. The minimum absolute atomic E-state index is 0.0168. The van der Waals surface area contributed by atoms with Crippen LogP contribution in [0.4, 0.5) is 0 Å². The Morgan fingerprint density at radius 1 is 1.02 bits per heavy atom. The third kappa shape index (κ3) is 7.75. The number of amides is 2. The smallest absolute Gasteiger partial charge is 0.257 e. The van der Waals surface area contributed by atoms with Gasteiger partial charge in [0.25, 0.3) is 11.8 Å². The number of fused-ring (bicyclic) bond motifs is 1. The fourth-order valence-corrected chi connectivity index (χ4v) is 5.81. The number of piperidine rings is 1. The molecule has 0 radical (unpaired) electrons. The summed E-state index contributed by atoms with van der Waals surface area (Å²) in [7, 11) is 2.07. The monoisotopic (exact) mass is 584 g/mol. The van der Waals surface area contributed by atoms with E-state index >= 15 is 0 Å². The van der Waals surface area contributed by atoms with E-state index < -0.39 is 0 Å². The lowest BCUT2D eigenvalue weighted by Gasteiger charge is -2.38. The number of carbonyl (C=O) groups is 2. The van der Waals surface area contributed by atoms with Gasteiger partial charge in [-0.05, 0) is 88.8 Å². The Hall–Kier alpha value is -3.88. The van der Waals surface area contributed by atoms with Crippen molar-refractivity contribution < 1.29 is 19.1 Å². The fourth-order valence-electron chi connectivity index (χ4n) is 5.81. The van der Waals surface area contributed by atoms with Crippen LogP contribution in [0.1, 0.15) is 59.9 Å². The van der Waals surface area contributed by atoms with Crippen LogP contribution in [0.5, 0.6) is 17.2 Å². The third-order valence-corrected chi connectivity index (χ3v) is 8.28. The molecule has 3 aromatic rings. The van der Waals surface area contributed by atoms with Gasteiger partial charge in [0.05, 0.1) is 11.1 Å². The summed E-state index contributed by atoms with van der Waals surface area (Å²) in [6, 6.07) is 23.3. The van der Waals surface area contributed by atoms with Crippen molar-refractivity contribution in [2.45, 2.75) is 58.3 Å². The topological polar surface area (TPSA) is 83.1 Å². The van der Waals surface area contributed by atoms with Crippen LogP contribution in [0, 0.1) is 5.92 Å². The van der Waals surface area contributed by atoms with Gasteiger partial charge in [-0.25, -0.2) is 0 Å². The van der Waals surface area contributed by atoms with Crippen LogP contribution in [0.3, 0.4) is 0 Å². The Labute approximate surface area is 255 Å². The first-order valence-electron chi connectivity index (χ1n) is 15.4. The molecule has 2 amide bonds. The summed E-state index contributed by atoms with van der Waals surface area (Å²) in [4.78, 5) is 31.4. The van der Waals surface area contributed by atoms with Crippen LogP contribution in [0.15, 0.2) is 72.8 Å². The van der Waals surface area contributed by atoms with Crippen LogP contribution in [-0.2, 0) is 6.54 Å². The molecule has 0 aromatic heterocycles. The molecule has 8 heteroatoms. The van der Waals surface area contributed by atoms with Crippen molar-refractivity contribution in [1.29, 1.82) is 0 Å². The van der Waals surface area contributed by atoms with Crippen molar-refractivity contribution in [1.82, 2.24) is 20.4 Å². The highest BCUT2D eigenvalue weighted by Crippen LogP contribution is 2.32. The van der Waals surface area contributed by atoms with Crippen LogP contribution in [0.25, 0.3) is 0 Å². The van der Waals surface area contributed by atoms with E-state index in [0.29, 0.717) is 30.0 Å². The van der Waals surface area contributed by atoms with Gasteiger partial charge in [-0.15, -0.1) is 0 Å². The molecule has 0 saturated carbocycles. The molecular formula is C35H44N4O4. The van der Waals surface area contributed by atoms with Crippen molar-refractivity contribution in [2.24, 2.45) is 5.92 Å². The van der Waals surface area contributed by atoms with E-state index in [1.165, 1.54) is 0 Å².